The third-order valence-electron chi connectivity index (χ3n) is 3.16. The molecule has 0 aliphatic carbocycles. The summed E-state index contributed by atoms with van der Waals surface area (Å²) in [7, 11) is 0. The van der Waals surface area contributed by atoms with Gasteiger partial charge in [-0.2, -0.15) is 5.26 Å². The van der Waals surface area contributed by atoms with Crippen LogP contribution in [-0.2, 0) is 4.79 Å². The highest BCUT2D eigenvalue weighted by atomic mass is 32.1. The largest absolute Gasteiger partial charge is 0.393 e. The number of piperidine rings is 1. The molecule has 1 heterocycles. The van der Waals surface area contributed by atoms with E-state index in [4.69, 9.17) is 30.2 Å². The number of amides is 1. The Labute approximate surface area is 121 Å². The second kappa shape index (κ2) is 5.43. The Kier molecular flexibility index (Phi) is 3.88. The summed E-state index contributed by atoms with van der Waals surface area (Å²) in [5.41, 5.74) is 6.57. The van der Waals surface area contributed by atoms with Gasteiger partial charge >= 0.3 is 0 Å². The predicted molar refractivity (Wildman–Crippen MR) is 79.3 cm³/mol. The van der Waals surface area contributed by atoms with Crippen molar-refractivity contribution in [1.29, 1.82) is 5.26 Å². The number of rotatable bonds is 2. The molecule has 1 saturated heterocycles. The fraction of sp³-hybridized carbons (Fsp3) is 0.231. The number of hydrogen-bond donors (Lipinski definition) is 2. The number of hydrogen-bond acceptors (Lipinski definition) is 4. The van der Waals surface area contributed by atoms with Crippen LogP contribution in [0.3, 0.4) is 0 Å². The van der Waals surface area contributed by atoms with Crippen LogP contribution >= 0.6 is 24.4 Å². The molecule has 1 amide bonds. The normalized spacial score (nSPS) is 26.4. The van der Waals surface area contributed by atoms with Gasteiger partial charge in [-0.3, -0.25) is 4.79 Å². The van der Waals surface area contributed by atoms with Gasteiger partial charge in [-0.1, -0.05) is 54.8 Å². The Balaban J connectivity index is 2.53. The number of nitrogens with one attached hydrogen (secondary N) is 1. The van der Waals surface area contributed by atoms with E-state index < -0.39 is 23.7 Å². The van der Waals surface area contributed by atoms with Crippen LogP contribution in [0.4, 0.5) is 0 Å². The van der Waals surface area contributed by atoms with Crippen LogP contribution in [0, 0.1) is 23.2 Å². The van der Waals surface area contributed by atoms with Crippen LogP contribution in [0.15, 0.2) is 30.3 Å². The van der Waals surface area contributed by atoms with Crippen molar-refractivity contribution in [3.05, 3.63) is 35.9 Å². The van der Waals surface area contributed by atoms with Crippen LogP contribution in [0.2, 0.25) is 0 Å². The maximum atomic E-state index is 11.9. The van der Waals surface area contributed by atoms with Crippen molar-refractivity contribution in [1.82, 2.24) is 5.32 Å². The molecule has 0 saturated carbocycles. The first-order valence-electron chi connectivity index (χ1n) is 5.65. The minimum absolute atomic E-state index is 0.194. The van der Waals surface area contributed by atoms with E-state index in [1.165, 1.54) is 0 Å². The molecule has 96 valence electrons. The summed E-state index contributed by atoms with van der Waals surface area (Å²) in [6.07, 6.45) is 0. The van der Waals surface area contributed by atoms with E-state index in [-0.39, 0.29) is 9.98 Å². The van der Waals surface area contributed by atoms with Crippen molar-refractivity contribution < 1.29 is 4.79 Å². The van der Waals surface area contributed by atoms with Crippen molar-refractivity contribution >= 4 is 40.3 Å². The van der Waals surface area contributed by atoms with Gasteiger partial charge in [0.1, 0.15) is 5.92 Å². The topological polar surface area (TPSA) is 78.9 Å². The smallest absolute Gasteiger partial charge is 0.242 e. The molecule has 6 heteroatoms. The van der Waals surface area contributed by atoms with Crippen molar-refractivity contribution in [3.8, 4) is 6.07 Å². The van der Waals surface area contributed by atoms with Gasteiger partial charge in [-0.25, -0.2) is 0 Å². The maximum Gasteiger partial charge on any atom is 0.242 e. The lowest BCUT2D eigenvalue weighted by molar-refractivity contribution is -0.123. The number of nitrogens with zero attached hydrogens (tertiary/aromatic N) is 1. The molecular formula is C13H11N3OS2. The van der Waals surface area contributed by atoms with E-state index in [0.717, 1.165) is 5.56 Å². The van der Waals surface area contributed by atoms with Crippen molar-refractivity contribution in [3.63, 3.8) is 0 Å². The van der Waals surface area contributed by atoms with Gasteiger partial charge in [-0.15, -0.1) is 0 Å². The zero-order valence-corrected chi connectivity index (χ0v) is 11.5. The Bertz CT molecular complexity index is 579. The van der Waals surface area contributed by atoms with E-state index in [1.807, 2.05) is 36.4 Å². The van der Waals surface area contributed by atoms with Crippen LogP contribution < -0.4 is 11.1 Å². The standard InChI is InChI=1S/C13H11N3OS2/c14-6-8-9(7-4-2-1-3-5-7)10(11(15)18)13(19)16-12(8)17/h1-5,8-10H,(H2,15,18)(H,16,17,19)/t8-,9-,10+/m0/s1. The number of benzene rings is 1. The van der Waals surface area contributed by atoms with Crippen LogP contribution in [0.5, 0.6) is 0 Å². The lowest BCUT2D eigenvalue weighted by Crippen LogP contribution is -2.53. The first-order valence-corrected chi connectivity index (χ1v) is 6.46. The Morgan fingerprint density at radius 3 is 2.53 bits per heavy atom. The van der Waals surface area contributed by atoms with E-state index in [0.29, 0.717) is 0 Å². The molecule has 19 heavy (non-hydrogen) atoms. The second-order valence-corrected chi connectivity index (χ2v) is 5.19. The average Bonchev–Trinajstić information content (AvgIpc) is 2.38. The first kappa shape index (κ1) is 13.6. The molecule has 1 aliphatic rings. The van der Waals surface area contributed by atoms with Gasteiger partial charge in [-0.05, 0) is 5.56 Å². The highest BCUT2D eigenvalue weighted by Crippen LogP contribution is 2.36. The number of nitrogens with two attached hydrogens (primary N) is 1. The molecule has 0 spiro atoms. The Morgan fingerprint density at radius 1 is 1.37 bits per heavy atom. The van der Waals surface area contributed by atoms with Gasteiger partial charge in [0, 0.05) is 5.92 Å². The summed E-state index contributed by atoms with van der Waals surface area (Å²) in [5.74, 6) is -2.14. The summed E-state index contributed by atoms with van der Waals surface area (Å²) in [5, 5.41) is 11.8. The summed E-state index contributed by atoms with van der Waals surface area (Å²) >= 11 is 10.2. The zero-order chi connectivity index (χ0) is 14.0. The molecule has 1 aromatic carbocycles. The Morgan fingerprint density at radius 2 is 2.00 bits per heavy atom. The van der Waals surface area contributed by atoms with Crippen LogP contribution in [-0.4, -0.2) is 15.9 Å². The van der Waals surface area contributed by atoms with Gasteiger partial charge in [0.2, 0.25) is 5.91 Å². The molecule has 1 aromatic rings. The molecule has 1 fully saturated rings. The third kappa shape index (κ3) is 2.48. The van der Waals surface area contributed by atoms with E-state index in [2.05, 4.69) is 5.32 Å². The molecule has 4 nitrogen and oxygen atoms in total. The fourth-order valence-electron chi connectivity index (χ4n) is 2.30. The van der Waals surface area contributed by atoms with E-state index in [9.17, 15) is 10.1 Å². The molecule has 0 unspecified atom stereocenters. The van der Waals surface area contributed by atoms with Crippen LogP contribution in [0.25, 0.3) is 0 Å². The SMILES string of the molecule is N#C[C@@H]1C(=O)NC(=S)[C@@H](C(N)=S)[C@H]1c1ccccc1. The minimum atomic E-state index is -0.847. The quantitative estimate of drug-likeness (QED) is 0.802. The minimum Gasteiger partial charge on any atom is -0.393 e. The predicted octanol–water partition coefficient (Wildman–Crippen LogP) is 1.27. The summed E-state index contributed by atoms with van der Waals surface area (Å²) in [4.78, 5) is 12.4. The maximum absolute atomic E-state index is 11.9. The third-order valence-corrected chi connectivity index (χ3v) is 3.77. The molecule has 3 atom stereocenters. The second-order valence-electron chi connectivity index (χ2n) is 4.28. The summed E-state index contributed by atoms with van der Waals surface area (Å²) in [6, 6.07) is 11.3. The van der Waals surface area contributed by atoms with E-state index in [1.54, 1.807) is 0 Å². The Hall–Kier alpha value is -1.84. The monoisotopic (exact) mass is 289 g/mol. The van der Waals surface area contributed by atoms with Crippen molar-refractivity contribution in [2.45, 2.75) is 5.92 Å². The zero-order valence-electron chi connectivity index (χ0n) is 9.87. The summed E-state index contributed by atoms with van der Waals surface area (Å²) in [6.45, 7) is 0. The lowest BCUT2D eigenvalue weighted by atomic mass is 9.74. The van der Waals surface area contributed by atoms with Gasteiger partial charge in [0.15, 0.2) is 0 Å². The van der Waals surface area contributed by atoms with Crippen LogP contribution in [0.1, 0.15) is 11.5 Å². The van der Waals surface area contributed by atoms with Gasteiger partial charge in [0.25, 0.3) is 0 Å². The number of nitriles is 1. The highest BCUT2D eigenvalue weighted by Gasteiger charge is 2.44. The van der Waals surface area contributed by atoms with Crippen molar-refractivity contribution in [2.24, 2.45) is 17.6 Å². The molecule has 0 radical (unpaired) electrons. The fourth-order valence-corrected chi connectivity index (χ4v) is 3.01. The molecule has 1 aliphatic heterocycles. The average molecular weight is 289 g/mol. The molecule has 0 bridgehead atoms. The molecule has 3 N–H and O–H groups in total. The van der Waals surface area contributed by atoms with E-state index >= 15 is 0 Å². The van der Waals surface area contributed by atoms with Crippen molar-refractivity contribution in [2.75, 3.05) is 0 Å². The molecule has 2 rings (SSSR count). The number of carbonyl (C=O) groups excluding carboxylic acids is 1. The number of carbonyl (C=O) groups is 1. The first-order chi connectivity index (χ1) is 9.06. The molecular weight excluding hydrogens is 278 g/mol. The van der Waals surface area contributed by atoms with Gasteiger partial charge < -0.3 is 11.1 Å². The highest BCUT2D eigenvalue weighted by molar-refractivity contribution is 7.82. The number of thiocarbonyl (C=S) groups is 2. The van der Waals surface area contributed by atoms with Gasteiger partial charge in [0.05, 0.1) is 22.0 Å². The summed E-state index contributed by atoms with van der Waals surface area (Å²) < 4.78 is 0. The molecule has 0 aromatic heterocycles. The lowest BCUT2D eigenvalue weighted by Gasteiger charge is -2.34.